The van der Waals surface area contributed by atoms with Crippen molar-refractivity contribution in [3.05, 3.63) is 23.3 Å². The lowest BCUT2D eigenvalue weighted by atomic mass is 10.1. The van der Waals surface area contributed by atoms with Crippen LogP contribution in [-0.4, -0.2) is 60.4 Å². The Labute approximate surface area is 152 Å². The van der Waals surface area contributed by atoms with Crippen molar-refractivity contribution in [2.75, 3.05) is 32.7 Å². The minimum atomic E-state index is -0.295. The average molecular weight is 348 g/mol. The first kappa shape index (κ1) is 19.7. The van der Waals surface area contributed by atoms with Gasteiger partial charge in [-0.05, 0) is 46.5 Å². The molecule has 0 saturated carbocycles. The molecular weight excluding hydrogens is 314 g/mol. The normalized spacial score (nSPS) is 22.5. The second-order valence-electron chi connectivity index (χ2n) is 7.51. The highest BCUT2D eigenvalue weighted by atomic mass is 16.2. The van der Waals surface area contributed by atoms with E-state index in [0.29, 0.717) is 12.8 Å². The molecule has 0 aliphatic carbocycles. The lowest BCUT2D eigenvalue weighted by Gasteiger charge is -2.24. The van der Waals surface area contributed by atoms with E-state index in [-0.39, 0.29) is 17.9 Å². The molecule has 5 heteroatoms. The van der Waals surface area contributed by atoms with Crippen molar-refractivity contribution in [2.45, 2.75) is 58.9 Å². The SMILES string of the molecule is CC(C)=CCC/C(C)=C/CN1CCCN(C(=O)C2CCC(=O)N2)CC1. The molecule has 1 N–H and O–H groups in total. The maximum absolute atomic E-state index is 12.5. The van der Waals surface area contributed by atoms with Crippen LogP contribution in [0.3, 0.4) is 0 Å². The number of hydrogen-bond donors (Lipinski definition) is 1. The van der Waals surface area contributed by atoms with Gasteiger partial charge in [-0.3, -0.25) is 14.5 Å². The van der Waals surface area contributed by atoms with E-state index in [1.165, 1.54) is 11.1 Å². The van der Waals surface area contributed by atoms with Crippen molar-refractivity contribution in [3.63, 3.8) is 0 Å². The van der Waals surface area contributed by atoms with E-state index in [0.717, 1.165) is 52.0 Å². The van der Waals surface area contributed by atoms with Crippen LogP contribution < -0.4 is 5.32 Å². The second-order valence-corrected chi connectivity index (χ2v) is 7.51. The highest BCUT2D eigenvalue weighted by Crippen LogP contribution is 2.13. The first-order chi connectivity index (χ1) is 12.0. The Balaban J connectivity index is 1.76. The lowest BCUT2D eigenvalue weighted by Crippen LogP contribution is -2.45. The third kappa shape index (κ3) is 6.65. The summed E-state index contributed by atoms with van der Waals surface area (Å²) in [4.78, 5) is 28.2. The zero-order valence-electron chi connectivity index (χ0n) is 16.0. The molecule has 0 radical (unpaired) electrons. The fourth-order valence-electron chi connectivity index (χ4n) is 3.37. The highest BCUT2D eigenvalue weighted by molar-refractivity contribution is 5.90. The number of carbonyl (C=O) groups is 2. The molecule has 1 unspecified atom stereocenters. The van der Waals surface area contributed by atoms with Gasteiger partial charge in [-0.1, -0.05) is 23.3 Å². The molecule has 0 bridgehead atoms. The highest BCUT2D eigenvalue weighted by Gasteiger charge is 2.31. The zero-order valence-corrected chi connectivity index (χ0v) is 16.0. The minimum absolute atomic E-state index is 0.00326. The van der Waals surface area contributed by atoms with Gasteiger partial charge in [0.15, 0.2) is 0 Å². The van der Waals surface area contributed by atoms with Gasteiger partial charge in [-0.25, -0.2) is 0 Å². The van der Waals surface area contributed by atoms with E-state index in [1.54, 1.807) is 0 Å². The predicted molar refractivity (Wildman–Crippen MR) is 101 cm³/mol. The van der Waals surface area contributed by atoms with Gasteiger partial charge in [0, 0.05) is 39.1 Å². The van der Waals surface area contributed by atoms with Crippen LogP contribution in [-0.2, 0) is 9.59 Å². The van der Waals surface area contributed by atoms with Gasteiger partial charge in [-0.15, -0.1) is 0 Å². The van der Waals surface area contributed by atoms with E-state index >= 15 is 0 Å². The monoisotopic (exact) mass is 347 g/mol. The third-order valence-electron chi connectivity index (χ3n) is 4.98. The molecule has 5 nitrogen and oxygen atoms in total. The number of allylic oxidation sites excluding steroid dienone is 3. The zero-order chi connectivity index (χ0) is 18.2. The predicted octanol–water partition coefficient (Wildman–Crippen LogP) is 2.49. The minimum Gasteiger partial charge on any atom is -0.344 e. The molecule has 0 aromatic carbocycles. The van der Waals surface area contributed by atoms with Gasteiger partial charge >= 0.3 is 0 Å². The molecule has 2 aliphatic rings. The van der Waals surface area contributed by atoms with Gasteiger partial charge in [-0.2, -0.15) is 0 Å². The Bertz CT molecular complexity index is 535. The standard InChI is InChI=1S/C20H33N3O2/c1-16(2)6-4-7-17(3)10-13-22-11-5-12-23(15-14-22)20(25)18-8-9-19(24)21-18/h6,10,18H,4-5,7-9,11-15H2,1-3H3,(H,21,24)/b17-10+. The van der Waals surface area contributed by atoms with Gasteiger partial charge in [0.05, 0.1) is 0 Å². The van der Waals surface area contributed by atoms with Gasteiger partial charge in [0.2, 0.25) is 11.8 Å². The van der Waals surface area contributed by atoms with Crippen molar-refractivity contribution in [3.8, 4) is 0 Å². The summed E-state index contributed by atoms with van der Waals surface area (Å²) < 4.78 is 0. The Kier molecular flexibility index (Phi) is 7.69. The van der Waals surface area contributed by atoms with E-state index in [2.05, 4.69) is 43.1 Å². The smallest absolute Gasteiger partial charge is 0.245 e. The molecule has 140 valence electrons. The molecule has 1 atom stereocenters. The average Bonchev–Trinajstić information content (AvgIpc) is 2.86. The maximum Gasteiger partial charge on any atom is 0.245 e. The lowest BCUT2D eigenvalue weighted by molar-refractivity contribution is -0.134. The third-order valence-corrected chi connectivity index (χ3v) is 4.98. The Morgan fingerprint density at radius 1 is 1.16 bits per heavy atom. The summed E-state index contributed by atoms with van der Waals surface area (Å²) in [5.74, 6) is 0.102. The quantitative estimate of drug-likeness (QED) is 0.751. The topological polar surface area (TPSA) is 52.7 Å². The first-order valence-electron chi connectivity index (χ1n) is 9.55. The van der Waals surface area contributed by atoms with Crippen molar-refractivity contribution >= 4 is 11.8 Å². The van der Waals surface area contributed by atoms with Crippen LogP contribution in [0, 0.1) is 0 Å². The molecule has 0 spiro atoms. The number of carbonyl (C=O) groups excluding carboxylic acids is 2. The summed E-state index contributed by atoms with van der Waals surface area (Å²) in [6, 6.07) is -0.295. The van der Waals surface area contributed by atoms with Gasteiger partial charge < -0.3 is 10.2 Å². The molecule has 2 rings (SSSR count). The van der Waals surface area contributed by atoms with Crippen molar-refractivity contribution in [2.24, 2.45) is 0 Å². The Hall–Kier alpha value is -1.62. The van der Waals surface area contributed by atoms with Gasteiger partial charge in [0.25, 0.3) is 0 Å². The molecule has 2 aliphatic heterocycles. The molecule has 0 aromatic rings. The number of amides is 2. The second kappa shape index (κ2) is 9.76. The Morgan fingerprint density at radius 3 is 2.64 bits per heavy atom. The molecular formula is C20H33N3O2. The largest absolute Gasteiger partial charge is 0.344 e. The van der Waals surface area contributed by atoms with Crippen LogP contribution in [0.4, 0.5) is 0 Å². The fraction of sp³-hybridized carbons (Fsp3) is 0.700. The summed E-state index contributed by atoms with van der Waals surface area (Å²) in [5.41, 5.74) is 2.81. The number of rotatable bonds is 6. The fourth-order valence-corrected chi connectivity index (χ4v) is 3.37. The van der Waals surface area contributed by atoms with Crippen molar-refractivity contribution < 1.29 is 9.59 Å². The van der Waals surface area contributed by atoms with Crippen LogP contribution >= 0.6 is 0 Å². The summed E-state index contributed by atoms with van der Waals surface area (Å²) >= 11 is 0. The maximum atomic E-state index is 12.5. The van der Waals surface area contributed by atoms with Gasteiger partial charge in [0.1, 0.15) is 6.04 Å². The number of nitrogens with one attached hydrogen (secondary N) is 1. The number of nitrogens with zero attached hydrogens (tertiary/aromatic N) is 2. The van der Waals surface area contributed by atoms with Crippen LogP contribution in [0.1, 0.15) is 52.9 Å². The van der Waals surface area contributed by atoms with Crippen LogP contribution in [0.25, 0.3) is 0 Å². The van der Waals surface area contributed by atoms with Crippen LogP contribution in [0.5, 0.6) is 0 Å². The Morgan fingerprint density at radius 2 is 1.96 bits per heavy atom. The molecule has 0 aromatic heterocycles. The summed E-state index contributed by atoms with van der Waals surface area (Å²) in [6.45, 7) is 10.9. The molecule has 2 heterocycles. The first-order valence-corrected chi connectivity index (χ1v) is 9.55. The van der Waals surface area contributed by atoms with E-state index in [4.69, 9.17) is 0 Å². The summed E-state index contributed by atoms with van der Waals surface area (Å²) in [5, 5.41) is 2.79. The van der Waals surface area contributed by atoms with E-state index in [9.17, 15) is 9.59 Å². The van der Waals surface area contributed by atoms with Crippen molar-refractivity contribution in [1.29, 1.82) is 0 Å². The van der Waals surface area contributed by atoms with E-state index < -0.39 is 0 Å². The van der Waals surface area contributed by atoms with E-state index in [1.807, 2.05) is 4.90 Å². The summed E-state index contributed by atoms with van der Waals surface area (Å²) in [7, 11) is 0. The number of hydrogen-bond acceptors (Lipinski definition) is 3. The van der Waals surface area contributed by atoms with Crippen molar-refractivity contribution in [1.82, 2.24) is 15.1 Å². The molecule has 25 heavy (non-hydrogen) atoms. The summed E-state index contributed by atoms with van der Waals surface area (Å²) in [6.07, 6.45) is 8.96. The molecule has 2 saturated heterocycles. The molecule has 2 fully saturated rings. The van der Waals surface area contributed by atoms with Crippen LogP contribution in [0.15, 0.2) is 23.3 Å². The molecule has 2 amide bonds. The van der Waals surface area contributed by atoms with Crippen LogP contribution in [0.2, 0.25) is 0 Å².